The maximum atomic E-state index is 13.6. The Morgan fingerprint density at radius 1 is 0.617 bits per heavy atom. The van der Waals surface area contributed by atoms with Gasteiger partial charge in [0.1, 0.15) is 47.8 Å². The van der Waals surface area contributed by atoms with Crippen molar-refractivity contribution < 1.29 is 32.5 Å². The molecule has 6 aromatic rings. The molecule has 4 saturated heterocycles. The standard InChI is InChI=1S/C45H46F2N6O5S2/c46-27-1-15-41-39(21-27)49-44(59-41)57-37-11-7-35(8-12-37)55-19-17-51-29-3-4-30(51)24-33(23-29)53(43(48)54)34-25-31-5-6-32(26-34)52(31)18-20-56-36-9-13-38(14-10-36)58-45-50-40-22-28(47)2-16-42(40)60-45/h1-2,7-16,21-22,29-34H,3-6,17-20,23-26H2,(H2,48,54). The summed E-state index contributed by atoms with van der Waals surface area (Å²) in [6, 6.07) is 25.8. The van der Waals surface area contributed by atoms with Gasteiger partial charge >= 0.3 is 6.03 Å². The molecule has 4 fully saturated rings. The highest BCUT2D eigenvalue weighted by atomic mass is 32.1. The maximum Gasteiger partial charge on any atom is 0.315 e. The first-order chi connectivity index (χ1) is 29.3. The van der Waals surface area contributed by atoms with Crippen LogP contribution in [0.3, 0.4) is 0 Å². The Kier molecular flexibility index (Phi) is 10.9. The van der Waals surface area contributed by atoms with Gasteiger partial charge in [0.2, 0.25) is 0 Å². The molecule has 4 aromatic carbocycles. The summed E-state index contributed by atoms with van der Waals surface area (Å²) >= 11 is 2.75. The number of urea groups is 1. The average molecular weight is 853 g/mol. The predicted molar refractivity (Wildman–Crippen MR) is 228 cm³/mol. The third kappa shape index (κ3) is 8.32. The van der Waals surface area contributed by atoms with Gasteiger partial charge in [-0.2, -0.15) is 0 Å². The van der Waals surface area contributed by atoms with Crippen molar-refractivity contribution in [3.05, 3.63) is 96.6 Å². The Balaban J connectivity index is 0.678. The Hall–Kier alpha value is -5.09. The summed E-state index contributed by atoms with van der Waals surface area (Å²) < 4.78 is 53.1. The van der Waals surface area contributed by atoms with Crippen molar-refractivity contribution in [2.75, 3.05) is 26.3 Å². The van der Waals surface area contributed by atoms with Crippen LogP contribution in [-0.4, -0.2) is 93.3 Å². The van der Waals surface area contributed by atoms with Gasteiger partial charge < -0.3 is 29.6 Å². The highest BCUT2D eigenvalue weighted by molar-refractivity contribution is 7.20. The van der Waals surface area contributed by atoms with Crippen LogP contribution in [0.5, 0.6) is 33.4 Å². The number of carbonyl (C=O) groups excluding carboxylic acids is 1. The fourth-order valence-electron chi connectivity index (χ4n) is 10.1. The van der Waals surface area contributed by atoms with Crippen molar-refractivity contribution in [2.45, 2.75) is 87.6 Å². The van der Waals surface area contributed by atoms with E-state index >= 15 is 0 Å². The van der Waals surface area contributed by atoms with Gasteiger partial charge in [0, 0.05) is 61.5 Å². The third-order valence-electron chi connectivity index (χ3n) is 12.7. The maximum absolute atomic E-state index is 13.6. The topological polar surface area (TPSA) is 116 Å². The molecule has 312 valence electrons. The molecule has 4 atom stereocenters. The fourth-order valence-corrected chi connectivity index (χ4v) is 11.8. The van der Waals surface area contributed by atoms with E-state index in [0.29, 0.717) is 70.3 Å². The molecule has 2 amide bonds. The van der Waals surface area contributed by atoms with Crippen LogP contribution in [0.1, 0.15) is 51.4 Å². The lowest BCUT2D eigenvalue weighted by Crippen LogP contribution is -2.60. The van der Waals surface area contributed by atoms with E-state index in [4.69, 9.17) is 24.7 Å². The van der Waals surface area contributed by atoms with Crippen molar-refractivity contribution in [1.82, 2.24) is 24.7 Å². The molecule has 0 spiro atoms. The van der Waals surface area contributed by atoms with E-state index in [1.165, 1.54) is 46.9 Å². The number of amides is 2. The van der Waals surface area contributed by atoms with Crippen molar-refractivity contribution in [3.63, 3.8) is 0 Å². The molecule has 15 heteroatoms. The molecular weight excluding hydrogens is 807 g/mol. The first-order valence-electron chi connectivity index (χ1n) is 20.8. The van der Waals surface area contributed by atoms with Gasteiger partial charge in [0.25, 0.3) is 10.4 Å². The third-order valence-corrected chi connectivity index (χ3v) is 14.5. The van der Waals surface area contributed by atoms with Gasteiger partial charge in [0.15, 0.2) is 0 Å². The minimum Gasteiger partial charge on any atom is -0.492 e. The largest absolute Gasteiger partial charge is 0.492 e. The molecule has 4 aliphatic heterocycles. The Bertz CT molecular complexity index is 2280. The van der Waals surface area contributed by atoms with Gasteiger partial charge in [-0.05, 0) is 124 Å². The van der Waals surface area contributed by atoms with Crippen LogP contribution in [0.15, 0.2) is 84.9 Å². The zero-order valence-corrected chi connectivity index (χ0v) is 34.6. The van der Waals surface area contributed by atoms with Gasteiger partial charge in [-0.15, -0.1) is 0 Å². The van der Waals surface area contributed by atoms with Crippen LogP contribution < -0.4 is 24.7 Å². The normalized spacial score (nSPS) is 23.9. The SMILES string of the molecule is NC(=O)N(C1CC2CCC(C1)N2CCOc1ccc(Oc2nc3cc(F)ccc3s2)cc1)C1CC2CCC(C1)N2CCOc1ccc(Oc2nc3cc(F)ccc3s2)cc1. The van der Waals surface area contributed by atoms with Crippen LogP contribution in [0.4, 0.5) is 13.6 Å². The molecule has 4 aliphatic rings. The molecule has 0 saturated carbocycles. The number of nitrogens with zero attached hydrogens (tertiary/aromatic N) is 5. The Morgan fingerprint density at radius 2 is 1.00 bits per heavy atom. The second kappa shape index (κ2) is 16.8. The van der Waals surface area contributed by atoms with Crippen molar-refractivity contribution in [1.29, 1.82) is 0 Å². The molecule has 10 rings (SSSR count). The second-order valence-electron chi connectivity index (χ2n) is 16.3. The summed E-state index contributed by atoms with van der Waals surface area (Å²) in [7, 11) is 0. The molecule has 11 nitrogen and oxygen atoms in total. The van der Waals surface area contributed by atoms with Gasteiger partial charge in [-0.25, -0.2) is 23.5 Å². The summed E-state index contributed by atoms with van der Waals surface area (Å²) in [4.78, 5) is 29.2. The van der Waals surface area contributed by atoms with Gasteiger partial charge in [-0.3, -0.25) is 9.80 Å². The molecule has 4 bridgehead atoms. The molecule has 0 aliphatic carbocycles. The van der Waals surface area contributed by atoms with Crippen LogP contribution >= 0.6 is 22.7 Å². The van der Waals surface area contributed by atoms with Gasteiger partial charge in [0.05, 0.1) is 20.4 Å². The summed E-state index contributed by atoms with van der Waals surface area (Å²) in [5.74, 6) is 2.18. The fraction of sp³-hybridized carbons (Fsp3) is 0.400. The van der Waals surface area contributed by atoms with E-state index in [0.717, 1.165) is 85.4 Å². The van der Waals surface area contributed by atoms with Crippen LogP contribution in [0, 0.1) is 11.6 Å². The minimum atomic E-state index is -0.318. The van der Waals surface area contributed by atoms with Crippen molar-refractivity contribution >= 4 is 49.1 Å². The number of nitrogens with two attached hydrogens (primary N) is 1. The highest BCUT2D eigenvalue weighted by Gasteiger charge is 2.48. The van der Waals surface area contributed by atoms with E-state index in [2.05, 4.69) is 24.7 Å². The summed E-state index contributed by atoms with van der Waals surface area (Å²) in [6.07, 6.45) is 8.28. The van der Waals surface area contributed by atoms with E-state index in [-0.39, 0.29) is 29.7 Å². The molecule has 2 aromatic heterocycles. The second-order valence-corrected chi connectivity index (χ2v) is 18.3. The van der Waals surface area contributed by atoms with E-state index < -0.39 is 0 Å². The van der Waals surface area contributed by atoms with E-state index in [9.17, 15) is 13.6 Å². The number of thiazole rings is 2. The predicted octanol–water partition coefficient (Wildman–Crippen LogP) is 9.60. The lowest BCUT2D eigenvalue weighted by Gasteiger charge is -2.48. The molecule has 2 N–H and O–H groups in total. The van der Waals surface area contributed by atoms with Gasteiger partial charge in [-0.1, -0.05) is 22.7 Å². The molecule has 6 heterocycles. The number of benzene rings is 4. The minimum absolute atomic E-state index is 0.156. The van der Waals surface area contributed by atoms with Crippen LogP contribution in [0.25, 0.3) is 20.4 Å². The molecular formula is C45H46F2N6O5S2. The average Bonchev–Trinajstić information content (AvgIpc) is 3.94. The number of hydrogen-bond donors (Lipinski definition) is 1. The number of aromatic nitrogens is 2. The lowest BCUT2D eigenvalue weighted by atomic mass is 9.90. The molecule has 4 unspecified atom stereocenters. The first-order valence-corrected chi connectivity index (χ1v) is 22.4. The Morgan fingerprint density at radius 3 is 1.38 bits per heavy atom. The number of carbonyl (C=O) groups is 1. The van der Waals surface area contributed by atoms with E-state index in [1.54, 1.807) is 12.1 Å². The number of rotatable bonds is 14. The summed E-state index contributed by atoms with van der Waals surface area (Å²) in [5, 5.41) is 0.932. The lowest BCUT2D eigenvalue weighted by molar-refractivity contribution is 0.0162. The Labute approximate surface area is 354 Å². The summed E-state index contributed by atoms with van der Waals surface area (Å²) in [5.41, 5.74) is 7.37. The molecule has 0 radical (unpaired) electrons. The number of halogens is 2. The number of ether oxygens (including phenoxy) is 4. The zero-order chi connectivity index (χ0) is 40.7. The monoisotopic (exact) mass is 852 g/mol. The number of fused-ring (bicyclic) bond motifs is 6. The number of hydrogen-bond acceptors (Lipinski definition) is 11. The van der Waals surface area contributed by atoms with Crippen LogP contribution in [-0.2, 0) is 0 Å². The van der Waals surface area contributed by atoms with Crippen molar-refractivity contribution in [2.24, 2.45) is 5.73 Å². The number of primary amides is 1. The smallest absolute Gasteiger partial charge is 0.315 e. The molecule has 60 heavy (non-hydrogen) atoms. The number of piperidine rings is 2. The van der Waals surface area contributed by atoms with Crippen LogP contribution in [0.2, 0.25) is 0 Å². The highest BCUT2D eigenvalue weighted by Crippen LogP contribution is 2.43. The quantitative estimate of drug-likeness (QED) is 0.114. The zero-order valence-electron chi connectivity index (χ0n) is 33.0. The van der Waals surface area contributed by atoms with Crippen molar-refractivity contribution in [3.8, 4) is 33.4 Å². The first kappa shape index (κ1) is 39.1. The summed E-state index contributed by atoms with van der Waals surface area (Å²) in [6.45, 7) is 2.80. The van der Waals surface area contributed by atoms with E-state index in [1.807, 2.05) is 48.5 Å².